The first-order valence-electron chi connectivity index (χ1n) is 6.06. The van der Waals surface area contributed by atoms with Gasteiger partial charge in [0.1, 0.15) is 0 Å². The van der Waals surface area contributed by atoms with E-state index >= 15 is 0 Å². The van der Waals surface area contributed by atoms with Crippen molar-refractivity contribution in [2.75, 3.05) is 11.5 Å². The first-order valence-corrected chi connectivity index (χ1v) is 6.06. The molecule has 2 heteroatoms. The van der Waals surface area contributed by atoms with E-state index in [0.717, 1.165) is 28.1 Å². The second-order valence-corrected chi connectivity index (χ2v) is 4.67. The fourth-order valence-electron chi connectivity index (χ4n) is 1.59. The van der Waals surface area contributed by atoms with Crippen molar-refractivity contribution in [3.8, 4) is 0 Å². The predicted molar refractivity (Wildman–Crippen MR) is 80.7 cm³/mol. The lowest BCUT2D eigenvalue weighted by Gasteiger charge is -2.00. The molecule has 0 aliphatic rings. The van der Waals surface area contributed by atoms with Crippen molar-refractivity contribution in [2.45, 2.75) is 27.7 Å². The Morgan fingerprint density at radius 3 is 1.67 bits per heavy atom. The van der Waals surface area contributed by atoms with Gasteiger partial charge in [-0.1, -0.05) is 30.3 Å². The van der Waals surface area contributed by atoms with E-state index in [2.05, 4.69) is 6.07 Å². The largest absolute Gasteiger partial charge is 0.399 e. The van der Waals surface area contributed by atoms with E-state index in [-0.39, 0.29) is 0 Å². The molecular formula is C16H22N2. The number of anilines is 2. The number of hydrogen-bond acceptors (Lipinski definition) is 2. The van der Waals surface area contributed by atoms with Crippen LogP contribution >= 0.6 is 0 Å². The molecule has 0 spiro atoms. The minimum Gasteiger partial charge on any atom is -0.399 e. The van der Waals surface area contributed by atoms with Gasteiger partial charge in [-0.2, -0.15) is 0 Å². The van der Waals surface area contributed by atoms with Crippen molar-refractivity contribution >= 4 is 11.4 Å². The molecule has 2 aromatic carbocycles. The second-order valence-electron chi connectivity index (χ2n) is 4.67. The maximum atomic E-state index is 5.68. The van der Waals surface area contributed by atoms with E-state index in [1.807, 2.05) is 58.0 Å². The Labute approximate surface area is 110 Å². The third-order valence-electron chi connectivity index (χ3n) is 2.98. The number of benzene rings is 2. The fourth-order valence-corrected chi connectivity index (χ4v) is 1.59. The third kappa shape index (κ3) is 3.81. The van der Waals surface area contributed by atoms with Gasteiger partial charge in [-0.05, 0) is 56.0 Å². The van der Waals surface area contributed by atoms with Crippen molar-refractivity contribution < 1.29 is 0 Å². The summed E-state index contributed by atoms with van der Waals surface area (Å²) in [7, 11) is 0. The van der Waals surface area contributed by atoms with E-state index in [1.54, 1.807) is 0 Å². The molecule has 96 valence electrons. The van der Waals surface area contributed by atoms with Crippen LogP contribution in [-0.4, -0.2) is 0 Å². The van der Waals surface area contributed by atoms with Gasteiger partial charge in [-0.25, -0.2) is 0 Å². The van der Waals surface area contributed by atoms with Crippen LogP contribution in [0, 0.1) is 27.7 Å². The molecule has 0 aromatic heterocycles. The standard InChI is InChI=1S/2C8H11N/c1-6-3-4-7(2)8(9)5-6;1-6-4-3-5-7(2)8(6)9/h2*3-5H,9H2,1-2H3. The Bertz CT molecular complexity index is 510. The molecule has 0 saturated carbocycles. The minimum absolute atomic E-state index is 0.884. The van der Waals surface area contributed by atoms with Crippen molar-refractivity contribution in [2.24, 2.45) is 0 Å². The molecule has 0 amide bonds. The van der Waals surface area contributed by atoms with Crippen LogP contribution in [0.2, 0.25) is 0 Å². The molecular weight excluding hydrogens is 220 g/mol. The quantitative estimate of drug-likeness (QED) is 0.691. The van der Waals surface area contributed by atoms with Gasteiger partial charge in [-0.3, -0.25) is 0 Å². The van der Waals surface area contributed by atoms with E-state index in [0.29, 0.717) is 0 Å². The number of nitrogens with two attached hydrogens (primary N) is 2. The summed E-state index contributed by atoms with van der Waals surface area (Å²) in [4.78, 5) is 0. The van der Waals surface area contributed by atoms with Gasteiger partial charge in [0.15, 0.2) is 0 Å². The SMILES string of the molecule is Cc1ccc(C)c(N)c1.Cc1cccc(C)c1N. The average Bonchev–Trinajstić information content (AvgIpc) is 2.32. The Kier molecular flexibility index (Phi) is 4.78. The van der Waals surface area contributed by atoms with Gasteiger partial charge in [0, 0.05) is 11.4 Å². The van der Waals surface area contributed by atoms with Gasteiger partial charge < -0.3 is 11.5 Å². The highest BCUT2D eigenvalue weighted by Gasteiger charge is 1.92. The Balaban J connectivity index is 0.000000180. The number of hydrogen-bond donors (Lipinski definition) is 2. The first kappa shape index (κ1) is 14.1. The second kappa shape index (κ2) is 6.10. The van der Waals surface area contributed by atoms with Crippen molar-refractivity contribution in [3.63, 3.8) is 0 Å². The zero-order chi connectivity index (χ0) is 13.7. The van der Waals surface area contributed by atoms with Crippen LogP contribution < -0.4 is 11.5 Å². The molecule has 0 unspecified atom stereocenters. The van der Waals surface area contributed by atoms with Crippen LogP contribution in [-0.2, 0) is 0 Å². The molecule has 0 atom stereocenters. The zero-order valence-corrected chi connectivity index (χ0v) is 11.6. The minimum atomic E-state index is 0.884. The topological polar surface area (TPSA) is 52.0 Å². The summed E-state index contributed by atoms with van der Waals surface area (Å²) in [6.07, 6.45) is 0. The zero-order valence-electron chi connectivity index (χ0n) is 11.6. The first-order chi connectivity index (χ1) is 8.41. The highest BCUT2D eigenvalue weighted by molar-refractivity contribution is 5.52. The summed E-state index contributed by atoms with van der Waals surface area (Å²) in [6.45, 7) is 8.08. The fraction of sp³-hybridized carbons (Fsp3) is 0.250. The van der Waals surface area contributed by atoms with Gasteiger partial charge in [0.25, 0.3) is 0 Å². The molecule has 4 N–H and O–H groups in total. The summed E-state index contributed by atoms with van der Waals surface area (Å²) < 4.78 is 0. The van der Waals surface area contributed by atoms with E-state index < -0.39 is 0 Å². The predicted octanol–water partition coefficient (Wildman–Crippen LogP) is 3.77. The molecule has 0 heterocycles. The molecule has 18 heavy (non-hydrogen) atoms. The van der Waals surface area contributed by atoms with Crippen LogP contribution in [0.3, 0.4) is 0 Å². The van der Waals surface area contributed by atoms with Gasteiger partial charge in [-0.15, -0.1) is 0 Å². The molecule has 2 rings (SSSR count). The smallest absolute Gasteiger partial charge is 0.0373 e. The van der Waals surface area contributed by atoms with Gasteiger partial charge in [0.2, 0.25) is 0 Å². The van der Waals surface area contributed by atoms with Crippen LogP contribution in [0.1, 0.15) is 22.3 Å². The van der Waals surface area contributed by atoms with E-state index in [4.69, 9.17) is 11.5 Å². The number of rotatable bonds is 0. The molecule has 0 aliphatic heterocycles. The Morgan fingerprint density at radius 2 is 1.28 bits per heavy atom. The Morgan fingerprint density at radius 1 is 0.722 bits per heavy atom. The van der Waals surface area contributed by atoms with Crippen molar-refractivity contribution in [1.29, 1.82) is 0 Å². The Hall–Kier alpha value is -1.96. The van der Waals surface area contributed by atoms with Crippen LogP contribution in [0.4, 0.5) is 11.4 Å². The monoisotopic (exact) mass is 242 g/mol. The van der Waals surface area contributed by atoms with E-state index in [1.165, 1.54) is 5.56 Å². The summed E-state index contributed by atoms with van der Waals surface area (Å²) in [5, 5.41) is 0. The van der Waals surface area contributed by atoms with Crippen LogP contribution in [0.5, 0.6) is 0 Å². The van der Waals surface area contributed by atoms with Crippen molar-refractivity contribution in [3.05, 3.63) is 58.7 Å². The molecule has 0 aliphatic carbocycles. The average molecular weight is 242 g/mol. The molecule has 2 aromatic rings. The number of aryl methyl sites for hydroxylation is 4. The highest BCUT2D eigenvalue weighted by Crippen LogP contribution is 2.14. The van der Waals surface area contributed by atoms with E-state index in [9.17, 15) is 0 Å². The van der Waals surface area contributed by atoms with Gasteiger partial charge in [0.05, 0.1) is 0 Å². The third-order valence-corrected chi connectivity index (χ3v) is 2.98. The lowest BCUT2D eigenvalue weighted by molar-refractivity contribution is 1.39. The van der Waals surface area contributed by atoms with Crippen LogP contribution in [0.15, 0.2) is 36.4 Å². The molecule has 2 nitrogen and oxygen atoms in total. The maximum Gasteiger partial charge on any atom is 0.0373 e. The molecule has 0 saturated heterocycles. The van der Waals surface area contributed by atoms with Crippen LogP contribution in [0.25, 0.3) is 0 Å². The lowest BCUT2D eigenvalue weighted by Crippen LogP contribution is -1.91. The maximum absolute atomic E-state index is 5.68. The summed E-state index contributed by atoms with van der Waals surface area (Å²) in [5.74, 6) is 0. The molecule has 0 fully saturated rings. The highest BCUT2D eigenvalue weighted by atomic mass is 14.6. The normalized spacial score (nSPS) is 9.56. The molecule has 0 bridgehead atoms. The number of para-hydroxylation sites is 1. The van der Waals surface area contributed by atoms with Gasteiger partial charge >= 0.3 is 0 Å². The summed E-state index contributed by atoms with van der Waals surface area (Å²) in [6, 6.07) is 12.1. The summed E-state index contributed by atoms with van der Waals surface area (Å²) in [5.41, 5.74) is 17.8. The van der Waals surface area contributed by atoms with Crippen molar-refractivity contribution in [1.82, 2.24) is 0 Å². The summed E-state index contributed by atoms with van der Waals surface area (Å²) >= 11 is 0. The molecule has 0 radical (unpaired) electrons. The lowest BCUT2D eigenvalue weighted by atomic mass is 10.1. The number of nitrogen functional groups attached to an aromatic ring is 2.